The monoisotopic (exact) mass is 691 g/mol. The molecule has 0 aliphatic heterocycles. The number of fused-ring (bicyclic) bond motifs is 1. The lowest BCUT2D eigenvalue weighted by Crippen LogP contribution is -2.54. The molecule has 0 saturated heterocycles. The number of hydrogen-bond donors (Lipinski definition) is 3. The minimum atomic E-state index is -4.29. The van der Waals surface area contributed by atoms with E-state index in [1.807, 2.05) is 0 Å². The number of nitrogens with zero attached hydrogens (tertiary/aromatic N) is 4. The molecule has 3 rings (SSSR count). The predicted molar refractivity (Wildman–Crippen MR) is 170 cm³/mol. The topological polar surface area (TPSA) is 173 Å². The van der Waals surface area contributed by atoms with Crippen LogP contribution in [0.5, 0.6) is 0 Å². The molecule has 1 aliphatic rings. The van der Waals surface area contributed by atoms with Crippen molar-refractivity contribution in [2.45, 2.75) is 129 Å². The van der Waals surface area contributed by atoms with Gasteiger partial charge in [-0.15, -0.1) is 0 Å². The van der Waals surface area contributed by atoms with Gasteiger partial charge in [-0.25, -0.2) is 25.1 Å². The largest absolute Gasteiger partial charge is 0.464 e. The fourth-order valence-corrected chi connectivity index (χ4v) is 8.00. The molecule has 13 nitrogen and oxygen atoms in total. The third kappa shape index (κ3) is 11.1. The summed E-state index contributed by atoms with van der Waals surface area (Å²) in [5.74, 6) is -2.62. The first-order chi connectivity index (χ1) is 21.9. The SMILES string of the molecule is CCCCCCOC(=O)C(C)(C)NP(=O)(CO[C@H](C)Cn1cnc2c(N)ncnc21)NC(C)(C)C(=O)OC1CCC(C(F)(F)F)CC1. The van der Waals surface area contributed by atoms with E-state index in [0.717, 1.165) is 19.3 Å². The van der Waals surface area contributed by atoms with Crippen LogP contribution >= 0.6 is 7.44 Å². The molecule has 1 fully saturated rings. The first-order valence-corrected chi connectivity index (χ1v) is 17.9. The summed E-state index contributed by atoms with van der Waals surface area (Å²) in [5, 5.41) is 5.71. The van der Waals surface area contributed by atoms with Crippen LogP contribution in [-0.2, 0) is 34.9 Å². The van der Waals surface area contributed by atoms with Crippen LogP contribution in [0.1, 0.15) is 92.9 Å². The van der Waals surface area contributed by atoms with Crippen LogP contribution in [0.15, 0.2) is 12.7 Å². The Hall–Kier alpha value is -2.81. The van der Waals surface area contributed by atoms with Gasteiger partial charge >= 0.3 is 18.1 Å². The number of nitrogens with one attached hydrogen (secondary N) is 2. The molecule has 2 aromatic rings. The van der Waals surface area contributed by atoms with E-state index in [4.69, 9.17) is 19.9 Å². The van der Waals surface area contributed by atoms with Gasteiger partial charge in [-0.05, 0) is 66.7 Å². The quantitative estimate of drug-likeness (QED) is 0.108. The van der Waals surface area contributed by atoms with Crippen molar-refractivity contribution in [2.75, 3.05) is 18.7 Å². The number of aromatic nitrogens is 4. The fraction of sp³-hybridized carbons (Fsp3) is 0.767. The Balaban J connectivity index is 1.72. The van der Waals surface area contributed by atoms with Crippen LogP contribution in [0.2, 0.25) is 0 Å². The highest BCUT2D eigenvalue weighted by molar-refractivity contribution is 7.59. The Morgan fingerprint density at radius 1 is 1.02 bits per heavy atom. The van der Waals surface area contributed by atoms with Gasteiger partial charge in [0.05, 0.1) is 31.5 Å². The first-order valence-electron chi connectivity index (χ1n) is 16.0. The van der Waals surface area contributed by atoms with Crippen molar-refractivity contribution >= 4 is 36.4 Å². The minimum absolute atomic E-state index is 0.0686. The van der Waals surface area contributed by atoms with Crippen molar-refractivity contribution in [1.82, 2.24) is 29.7 Å². The molecule has 2 aromatic heterocycles. The Kier molecular flexibility index (Phi) is 13.2. The summed E-state index contributed by atoms with van der Waals surface area (Å²) in [5.41, 5.74) is 3.77. The number of alkyl halides is 3. The molecule has 1 saturated carbocycles. The van der Waals surface area contributed by atoms with E-state index in [2.05, 4.69) is 32.1 Å². The van der Waals surface area contributed by atoms with Gasteiger partial charge in [-0.2, -0.15) is 13.2 Å². The summed E-state index contributed by atoms with van der Waals surface area (Å²) >= 11 is 0. The number of carbonyl (C=O) groups excluding carboxylic acids is 2. The number of imidazole rings is 1. The van der Waals surface area contributed by atoms with E-state index in [9.17, 15) is 27.3 Å². The van der Waals surface area contributed by atoms with E-state index in [-0.39, 0.29) is 44.7 Å². The standard InChI is InChI=1S/C30H49F3N7O6P/c1-7-8-9-10-15-44-26(41)28(3,4)38-47(43,19-45-20(2)16-40-18-37-23-24(34)35-17-36-25(23)40)39-29(5,6)27(42)46-22-13-11-21(12-14-22)30(31,32)33/h17-18,20-22H,7-16,19H2,1-6H3,(H2,34,35,36)(H2,38,39,43)/t20-,21?,22?,47?/m1/s1. The number of nitrogen functional groups attached to an aromatic ring is 1. The Morgan fingerprint density at radius 2 is 1.66 bits per heavy atom. The van der Waals surface area contributed by atoms with E-state index in [1.54, 1.807) is 11.5 Å². The average molecular weight is 692 g/mol. The third-order valence-corrected chi connectivity index (χ3v) is 10.4. The normalized spacial score (nSPS) is 19.7. The molecule has 1 aliphatic carbocycles. The van der Waals surface area contributed by atoms with Crippen molar-refractivity contribution < 1.29 is 41.5 Å². The smallest absolute Gasteiger partial charge is 0.391 e. The van der Waals surface area contributed by atoms with Crippen LogP contribution < -0.4 is 15.9 Å². The summed E-state index contributed by atoms with van der Waals surface area (Å²) in [6, 6.07) is 0. The van der Waals surface area contributed by atoms with E-state index < -0.39 is 61.1 Å². The molecule has 17 heteroatoms. The summed E-state index contributed by atoms with van der Waals surface area (Å²) in [6.07, 6.45) is 0.361. The molecule has 266 valence electrons. The molecular formula is C30H49F3N7O6P. The van der Waals surface area contributed by atoms with Gasteiger partial charge in [0.1, 0.15) is 35.4 Å². The molecule has 2 atom stereocenters. The van der Waals surface area contributed by atoms with E-state index in [1.165, 1.54) is 40.3 Å². The number of ether oxygens (including phenoxy) is 3. The van der Waals surface area contributed by atoms with E-state index >= 15 is 0 Å². The highest BCUT2D eigenvalue weighted by Crippen LogP contribution is 2.43. The maximum atomic E-state index is 14.5. The number of anilines is 1. The molecule has 0 amide bonds. The number of unbranched alkanes of at least 4 members (excludes halogenated alkanes) is 3. The average Bonchev–Trinajstić information content (AvgIpc) is 3.39. The number of nitrogens with two attached hydrogens (primary N) is 1. The second-order valence-electron chi connectivity index (χ2n) is 13.3. The maximum absolute atomic E-state index is 14.5. The van der Waals surface area contributed by atoms with Crippen molar-refractivity contribution in [2.24, 2.45) is 5.92 Å². The van der Waals surface area contributed by atoms with Gasteiger partial charge in [0.2, 0.25) is 7.44 Å². The minimum Gasteiger partial charge on any atom is -0.464 e. The number of halogens is 3. The summed E-state index contributed by atoms with van der Waals surface area (Å²) < 4.78 is 72.7. The molecule has 0 bridgehead atoms. The van der Waals surface area contributed by atoms with Crippen LogP contribution in [0.25, 0.3) is 11.2 Å². The highest BCUT2D eigenvalue weighted by atomic mass is 31.2. The number of carbonyl (C=O) groups is 2. The maximum Gasteiger partial charge on any atom is 0.391 e. The fourth-order valence-electron chi connectivity index (χ4n) is 5.36. The second kappa shape index (κ2) is 16.1. The van der Waals surface area contributed by atoms with Gasteiger partial charge in [0.25, 0.3) is 0 Å². The second-order valence-corrected chi connectivity index (χ2v) is 15.4. The Labute approximate surface area is 273 Å². The molecule has 47 heavy (non-hydrogen) atoms. The molecule has 0 radical (unpaired) electrons. The summed E-state index contributed by atoms with van der Waals surface area (Å²) in [6.45, 7) is 10.2. The lowest BCUT2D eigenvalue weighted by Gasteiger charge is -2.37. The number of rotatable bonds is 17. The van der Waals surface area contributed by atoms with Crippen molar-refractivity contribution in [1.29, 1.82) is 0 Å². The molecular weight excluding hydrogens is 642 g/mol. The van der Waals surface area contributed by atoms with Crippen LogP contribution in [0.3, 0.4) is 0 Å². The molecule has 2 heterocycles. The highest BCUT2D eigenvalue weighted by Gasteiger charge is 2.45. The summed E-state index contributed by atoms with van der Waals surface area (Å²) in [7, 11) is -3.95. The van der Waals surface area contributed by atoms with E-state index in [0.29, 0.717) is 17.6 Å². The zero-order chi connectivity index (χ0) is 35.0. The van der Waals surface area contributed by atoms with Gasteiger partial charge in [0.15, 0.2) is 11.5 Å². The molecule has 4 N–H and O–H groups in total. The zero-order valence-corrected chi connectivity index (χ0v) is 29.0. The van der Waals surface area contributed by atoms with Crippen LogP contribution in [-0.4, -0.2) is 73.9 Å². The lowest BCUT2D eigenvalue weighted by atomic mass is 9.87. The Bertz CT molecular complexity index is 1400. The van der Waals surface area contributed by atoms with Crippen LogP contribution in [0, 0.1) is 5.92 Å². The van der Waals surface area contributed by atoms with Gasteiger partial charge in [-0.3, -0.25) is 14.2 Å². The van der Waals surface area contributed by atoms with Crippen molar-refractivity contribution in [3.63, 3.8) is 0 Å². The first kappa shape index (κ1) is 38.6. The zero-order valence-electron chi connectivity index (χ0n) is 28.1. The number of esters is 2. The molecule has 0 spiro atoms. The molecule has 0 aromatic carbocycles. The third-order valence-electron chi connectivity index (χ3n) is 8.01. The number of hydrogen-bond acceptors (Lipinski definition) is 10. The van der Waals surface area contributed by atoms with Crippen molar-refractivity contribution in [3.8, 4) is 0 Å². The van der Waals surface area contributed by atoms with Gasteiger partial charge < -0.3 is 24.5 Å². The van der Waals surface area contributed by atoms with Gasteiger partial charge in [-0.1, -0.05) is 26.2 Å². The van der Waals surface area contributed by atoms with Crippen LogP contribution in [0.4, 0.5) is 19.0 Å². The lowest BCUT2D eigenvalue weighted by molar-refractivity contribution is -0.189. The molecule has 1 unspecified atom stereocenters. The summed E-state index contributed by atoms with van der Waals surface area (Å²) in [4.78, 5) is 38.7. The van der Waals surface area contributed by atoms with Crippen molar-refractivity contribution in [3.05, 3.63) is 12.7 Å². The predicted octanol–water partition coefficient (Wildman–Crippen LogP) is 5.49. The Morgan fingerprint density at radius 3 is 2.28 bits per heavy atom. The van der Waals surface area contributed by atoms with Gasteiger partial charge in [0, 0.05) is 0 Å².